The number of amides is 1. The highest BCUT2D eigenvalue weighted by atomic mass is 16.7. The number of carbonyl (C=O) groups excluding carboxylic acids is 1. The topological polar surface area (TPSA) is 149 Å². The van der Waals surface area contributed by atoms with Crippen LogP contribution >= 0.6 is 0 Å². The van der Waals surface area contributed by atoms with Crippen LogP contribution in [0.15, 0.2) is 12.2 Å². The molecule has 0 bridgehead atoms. The van der Waals surface area contributed by atoms with Gasteiger partial charge in [0.15, 0.2) is 6.29 Å². The third-order valence-electron chi connectivity index (χ3n) is 7.86. The Morgan fingerprint density at radius 1 is 0.805 bits per heavy atom. The standard InChI is InChI=1S/C32H61NO8/c1-3-5-7-9-10-11-12-13-14-15-16-18-19-21-26(35)25(33-28(36)22-20-17-8-6-4-2)24-40-32-31(39)30(38)29(37)27(23-34)41-32/h19,21,25-27,29-32,34-35,37-39H,3-18,20,22-24H2,1-2H3,(H,33,36)/b21-19+/t25-,26+,27?,29+,30?,31?,32+/m0/s1. The molecule has 41 heavy (non-hydrogen) atoms. The second-order valence-electron chi connectivity index (χ2n) is 11.6. The van der Waals surface area contributed by atoms with E-state index in [9.17, 15) is 30.3 Å². The summed E-state index contributed by atoms with van der Waals surface area (Å²) in [5.74, 6) is -0.193. The molecule has 9 heteroatoms. The maximum absolute atomic E-state index is 12.6. The smallest absolute Gasteiger partial charge is 0.220 e. The van der Waals surface area contributed by atoms with E-state index in [4.69, 9.17) is 9.47 Å². The minimum absolute atomic E-state index is 0.186. The van der Waals surface area contributed by atoms with Crippen molar-refractivity contribution in [2.45, 2.75) is 172 Å². The zero-order valence-corrected chi connectivity index (χ0v) is 25.8. The summed E-state index contributed by atoms with van der Waals surface area (Å²) < 4.78 is 11.0. The van der Waals surface area contributed by atoms with Gasteiger partial charge in [0.25, 0.3) is 0 Å². The fourth-order valence-corrected chi connectivity index (χ4v) is 5.09. The lowest BCUT2D eigenvalue weighted by Crippen LogP contribution is -2.60. The number of rotatable bonds is 25. The van der Waals surface area contributed by atoms with Gasteiger partial charge < -0.3 is 40.3 Å². The van der Waals surface area contributed by atoms with Gasteiger partial charge in [-0.25, -0.2) is 0 Å². The number of ether oxygens (including phenoxy) is 2. The second-order valence-corrected chi connectivity index (χ2v) is 11.6. The Morgan fingerprint density at radius 3 is 1.90 bits per heavy atom. The Bertz CT molecular complexity index is 662. The molecular weight excluding hydrogens is 526 g/mol. The van der Waals surface area contributed by atoms with E-state index in [-0.39, 0.29) is 12.5 Å². The number of carbonyl (C=O) groups is 1. The number of hydrogen-bond donors (Lipinski definition) is 6. The third-order valence-corrected chi connectivity index (χ3v) is 7.86. The third kappa shape index (κ3) is 17.0. The molecule has 1 saturated heterocycles. The van der Waals surface area contributed by atoms with Crippen LogP contribution in [0.5, 0.6) is 0 Å². The molecule has 6 N–H and O–H groups in total. The average molecular weight is 588 g/mol. The fourth-order valence-electron chi connectivity index (χ4n) is 5.09. The number of unbranched alkanes of at least 4 members (excludes halogenated alkanes) is 15. The number of nitrogens with one attached hydrogen (secondary N) is 1. The maximum Gasteiger partial charge on any atom is 0.220 e. The molecule has 9 nitrogen and oxygen atoms in total. The molecule has 0 radical (unpaired) electrons. The van der Waals surface area contributed by atoms with Gasteiger partial charge in [0.1, 0.15) is 24.4 Å². The average Bonchev–Trinajstić information content (AvgIpc) is 2.97. The highest BCUT2D eigenvalue weighted by molar-refractivity contribution is 5.76. The molecule has 1 aliphatic heterocycles. The van der Waals surface area contributed by atoms with Crippen LogP contribution in [0.2, 0.25) is 0 Å². The van der Waals surface area contributed by atoms with E-state index >= 15 is 0 Å². The van der Waals surface area contributed by atoms with Crippen LogP contribution in [0.4, 0.5) is 0 Å². The van der Waals surface area contributed by atoms with Crippen molar-refractivity contribution in [2.24, 2.45) is 0 Å². The number of aliphatic hydroxyl groups is 5. The summed E-state index contributed by atoms with van der Waals surface area (Å²) in [6.45, 7) is 3.63. The summed E-state index contributed by atoms with van der Waals surface area (Å²) in [7, 11) is 0. The molecule has 0 spiro atoms. The molecule has 0 aromatic heterocycles. The van der Waals surface area contributed by atoms with E-state index in [2.05, 4.69) is 19.2 Å². The highest BCUT2D eigenvalue weighted by Gasteiger charge is 2.44. The van der Waals surface area contributed by atoms with E-state index in [0.717, 1.165) is 51.4 Å². The summed E-state index contributed by atoms with van der Waals surface area (Å²) in [4.78, 5) is 12.6. The van der Waals surface area contributed by atoms with Gasteiger partial charge >= 0.3 is 0 Å². The van der Waals surface area contributed by atoms with E-state index in [1.807, 2.05) is 6.08 Å². The molecule has 1 amide bonds. The van der Waals surface area contributed by atoms with E-state index in [0.29, 0.717) is 6.42 Å². The summed E-state index contributed by atoms with van der Waals surface area (Å²) in [5.41, 5.74) is 0. The molecule has 0 aromatic rings. The van der Waals surface area contributed by atoms with Gasteiger partial charge in [0, 0.05) is 6.42 Å². The van der Waals surface area contributed by atoms with Gasteiger partial charge in [-0.15, -0.1) is 0 Å². The molecule has 0 saturated carbocycles. The van der Waals surface area contributed by atoms with Crippen molar-refractivity contribution < 1.29 is 39.8 Å². The first-order chi connectivity index (χ1) is 19.8. The summed E-state index contributed by atoms with van der Waals surface area (Å²) in [5, 5.41) is 53.4. The number of hydrogen-bond acceptors (Lipinski definition) is 8. The van der Waals surface area contributed by atoms with Gasteiger partial charge in [-0.2, -0.15) is 0 Å². The molecule has 1 aliphatic rings. The first kappa shape index (κ1) is 38.0. The summed E-state index contributed by atoms with van der Waals surface area (Å²) in [6.07, 6.45) is 15.8. The van der Waals surface area contributed by atoms with Crippen LogP contribution in [0.1, 0.15) is 129 Å². The van der Waals surface area contributed by atoms with Crippen LogP contribution in [-0.4, -0.2) is 87.5 Å². The molecule has 242 valence electrons. The Morgan fingerprint density at radius 2 is 1.34 bits per heavy atom. The van der Waals surface area contributed by atoms with Gasteiger partial charge in [-0.05, 0) is 19.3 Å². The van der Waals surface area contributed by atoms with Crippen molar-refractivity contribution in [1.82, 2.24) is 5.32 Å². The largest absolute Gasteiger partial charge is 0.394 e. The summed E-state index contributed by atoms with van der Waals surface area (Å²) >= 11 is 0. The lowest BCUT2D eigenvalue weighted by Gasteiger charge is -2.40. The Balaban J connectivity index is 2.50. The lowest BCUT2D eigenvalue weighted by molar-refractivity contribution is -0.302. The second kappa shape index (κ2) is 24.4. The normalized spacial score (nSPS) is 24.5. The zero-order chi connectivity index (χ0) is 30.3. The molecule has 1 rings (SSSR count). The monoisotopic (exact) mass is 587 g/mol. The van der Waals surface area contributed by atoms with E-state index < -0.39 is 49.5 Å². The predicted molar refractivity (Wildman–Crippen MR) is 161 cm³/mol. The quantitative estimate of drug-likeness (QED) is 0.0685. The Hall–Kier alpha value is -1.07. The molecule has 1 fully saturated rings. The van der Waals surface area contributed by atoms with Crippen LogP contribution in [0.25, 0.3) is 0 Å². The van der Waals surface area contributed by atoms with Crippen molar-refractivity contribution in [2.75, 3.05) is 13.2 Å². The van der Waals surface area contributed by atoms with Crippen LogP contribution in [-0.2, 0) is 14.3 Å². The van der Waals surface area contributed by atoms with Crippen molar-refractivity contribution in [3.05, 3.63) is 12.2 Å². The number of aliphatic hydroxyl groups excluding tert-OH is 5. The van der Waals surface area contributed by atoms with Gasteiger partial charge in [-0.3, -0.25) is 4.79 Å². The molecule has 0 aliphatic carbocycles. The number of allylic oxidation sites excluding steroid dienone is 1. The molecule has 7 atom stereocenters. The summed E-state index contributed by atoms with van der Waals surface area (Å²) in [6, 6.07) is -0.793. The fraction of sp³-hybridized carbons (Fsp3) is 0.906. The van der Waals surface area contributed by atoms with Crippen molar-refractivity contribution >= 4 is 5.91 Å². The van der Waals surface area contributed by atoms with Crippen molar-refractivity contribution in [3.63, 3.8) is 0 Å². The van der Waals surface area contributed by atoms with Crippen LogP contribution in [0.3, 0.4) is 0 Å². The van der Waals surface area contributed by atoms with Gasteiger partial charge in [-0.1, -0.05) is 116 Å². The van der Waals surface area contributed by atoms with Crippen LogP contribution in [0, 0.1) is 0 Å². The minimum atomic E-state index is -1.56. The van der Waals surface area contributed by atoms with E-state index in [1.165, 1.54) is 57.8 Å². The Labute approximate surface area is 248 Å². The first-order valence-electron chi connectivity index (χ1n) is 16.4. The van der Waals surface area contributed by atoms with Crippen LogP contribution < -0.4 is 5.32 Å². The van der Waals surface area contributed by atoms with Gasteiger partial charge in [0.2, 0.25) is 5.91 Å². The molecule has 3 unspecified atom stereocenters. The first-order valence-corrected chi connectivity index (χ1v) is 16.4. The van der Waals surface area contributed by atoms with E-state index in [1.54, 1.807) is 6.08 Å². The zero-order valence-electron chi connectivity index (χ0n) is 25.8. The SMILES string of the molecule is CCCCCCCCCCCCC/C=C/[C@@H](O)[C@H](CO[C@@H]1OC(CO)[C@@H](O)C(O)C1O)NC(=O)CCCCCCC. The molecular formula is C32H61NO8. The molecule has 0 aromatic carbocycles. The highest BCUT2D eigenvalue weighted by Crippen LogP contribution is 2.22. The maximum atomic E-state index is 12.6. The minimum Gasteiger partial charge on any atom is -0.394 e. The van der Waals surface area contributed by atoms with Gasteiger partial charge in [0.05, 0.1) is 25.4 Å². The van der Waals surface area contributed by atoms with Crippen molar-refractivity contribution in [1.29, 1.82) is 0 Å². The predicted octanol–water partition coefficient (Wildman–Crippen LogP) is 4.27. The molecule has 1 heterocycles. The van der Waals surface area contributed by atoms with Crippen molar-refractivity contribution in [3.8, 4) is 0 Å². The Kier molecular flexibility index (Phi) is 22.6. The lowest BCUT2D eigenvalue weighted by atomic mass is 9.99.